The molecule has 0 spiro atoms. The van der Waals surface area contributed by atoms with Gasteiger partial charge in [-0.2, -0.15) is 18.4 Å². The number of rotatable bonds is 1. The fourth-order valence-electron chi connectivity index (χ4n) is 1.25. The largest absolute Gasteiger partial charge is 0.417 e. The maximum atomic E-state index is 12.5. The van der Waals surface area contributed by atoms with Gasteiger partial charge in [0.2, 0.25) is 0 Å². The normalized spacial score (nSPS) is 10.9. The smallest absolute Gasteiger partial charge is 0.398 e. The molecule has 84 valence electrons. The Hall–Kier alpha value is -2.03. The summed E-state index contributed by atoms with van der Waals surface area (Å²) in [7, 11) is 0. The van der Waals surface area contributed by atoms with Gasteiger partial charge in [0.05, 0.1) is 17.2 Å². The number of nitrogen functional groups attached to an aromatic ring is 1. The number of carbonyl (C=O) groups is 1. The molecule has 0 aliphatic heterocycles. The van der Waals surface area contributed by atoms with Crippen molar-refractivity contribution in [2.75, 3.05) is 5.73 Å². The lowest BCUT2D eigenvalue weighted by Gasteiger charge is -2.11. The molecule has 0 fully saturated rings. The highest BCUT2D eigenvalue weighted by Gasteiger charge is 2.34. The molecule has 0 unspecified atom stereocenters. The molecule has 0 saturated heterocycles. The Morgan fingerprint density at radius 3 is 2.38 bits per heavy atom. The first kappa shape index (κ1) is 12.0. The minimum Gasteiger partial charge on any atom is -0.398 e. The van der Waals surface area contributed by atoms with E-state index in [2.05, 4.69) is 0 Å². The predicted molar refractivity (Wildman–Crippen MR) is 50.6 cm³/mol. The van der Waals surface area contributed by atoms with Crippen LogP contribution in [0, 0.1) is 11.3 Å². The zero-order chi connectivity index (χ0) is 12.5. The van der Waals surface area contributed by atoms with Crippen LogP contribution in [0.25, 0.3) is 0 Å². The van der Waals surface area contributed by atoms with Crippen molar-refractivity contribution in [1.82, 2.24) is 0 Å². The van der Waals surface area contributed by atoms with E-state index < -0.39 is 23.1 Å². The number of nitriles is 1. The number of alkyl halides is 3. The maximum Gasteiger partial charge on any atom is 0.417 e. The fourth-order valence-corrected chi connectivity index (χ4v) is 1.25. The van der Waals surface area contributed by atoms with E-state index >= 15 is 0 Å². The number of nitrogens with zero attached hydrogens (tertiary/aromatic N) is 1. The first-order valence-corrected chi connectivity index (χ1v) is 4.19. The lowest BCUT2D eigenvalue weighted by molar-refractivity contribution is -0.137. The van der Waals surface area contributed by atoms with Crippen LogP contribution in [0.4, 0.5) is 18.9 Å². The molecule has 0 radical (unpaired) electrons. The van der Waals surface area contributed by atoms with Crippen LogP contribution in [0.15, 0.2) is 12.1 Å². The van der Waals surface area contributed by atoms with Gasteiger partial charge < -0.3 is 5.73 Å². The number of hydrogen-bond acceptors (Lipinski definition) is 3. The molecule has 0 saturated carbocycles. The van der Waals surface area contributed by atoms with Crippen molar-refractivity contribution in [3.63, 3.8) is 0 Å². The molecule has 16 heavy (non-hydrogen) atoms. The van der Waals surface area contributed by atoms with Crippen molar-refractivity contribution in [3.05, 3.63) is 28.8 Å². The molecular formula is C10H7F3N2O. The molecule has 6 heteroatoms. The summed E-state index contributed by atoms with van der Waals surface area (Å²) < 4.78 is 37.4. The topological polar surface area (TPSA) is 66.9 Å². The molecule has 3 nitrogen and oxygen atoms in total. The van der Waals surface area contributed by atoms with Gasteiger partial charge in [-0.3, -0.25) is 4.79 Å². The highest BCUT2D eigenvalue weighted by Crippen LogP contribution is 2.34. The molecule has 0 aliphatic carbocycles. The van der Waals surface area contributed by atoms with Crippen LogP contribution in [-0.4, -0.2) is 5.78 Å². The average Bonchev–Trinajstić information content (AvgIpc) is 2.15. The standard InChI is InChI=1S/C10H7F3N2O/c1-5(16)7-2-6(4-14)8(3-9(7)15)10(11,12)13/h2-3H,15H2,1H3. The van der Waals surface area contributed by atoms with E-state index in [1.54, 1.807) is 0 Å². The molecule has 1 aromatic carbocycles. The molecule has 0 atom stereocenters. The van der Waals surface area contributed by atoms with Gasteiger partial charge in [-0.25, -0.2) is 0 Å². The van der Waals surface area contributed by atoms with Gasteiger partial charge in [0.15, 0.2) is 5.78 Å². The minimum atomic E-state index is -4.66. The van der Waals surface area contributed by atoms with Crippen molar-refractivity contribution in [1.29, 1.82) is 5.26 Å². The van der Waals surface area contributed by atoms with Gasteiger partial charge in [-0.1, -0.05) is 0 Å². The van der Waals surface area contributed by atoms with Gasteiger partial charge in [0.25, 0.3) is 0 Å². The zero-order valence-electron chi connectivity index (χ0n) is 8.22. The van der Waals surface area contributed by atoms with Crippen LogP contribution < -0.4 is 5.73 Å². The highest BCUT2D eigenvalue weighted by atomic mass is 19.4. The van der Waals surface area contributed by atoms with Crippen LogP contribution in [0.3, 0.4) is 0 Å². The zero-order valence-corrected chi connectivity index (χ0v) is 8.22. The second kappa shape index (κ2) is 3.85. The number of benzene rings is 1. The van der Waals surface area contributed by atoms with Crippen LogP contribution in [0.1, 0.15) is 28.4 Å². The number of halogens is 3. The number of ketones is 1. The van der Waals surface area contributed by atoms with Crippen molar-refractivity contribution in [2.45, 2.75) is 13.1 Å². The lowest BCUT2D eigenvalue weighted by atomic mass is 10.0. The molecular weight excluding hydrogens is 221 g/mol. The van der Waals surface area contributed by atoms with Gasteiger partial charge in [-0.05, 0) is 19.1 Å². The fraction of sp³-hybridized carbons (Fsp3) is 0.200. The minimum absolute atomic E-state index is 0.0791. The quantitative estimate of drug-likeness (QED) is 0.592. The van der Waals surface area contributed by atoms with Gasteiger partial charge in [-0.15, -0.1) is 0 Å². The summed E-state index contributed by atoms with van der Waals surface area (Å²) in [5.41, 5.74) is 3.22. The third-order valence-electron chi connectivity index (χ3n) is 1.99. The van der Waals surface area contributed by atoms with E-state index in [0.717, 1.165) is 6.07 Å². The number of carbonyl (C=O) groups excluding carboxylic acids is 1. The van der Waals surface area contributed by atoms with E-state index in [0.29, 0.717) is 6.07 Å². The maximum absolute atomic E-state index is 12.5. The molecule has 0 aliphatic rings. The summed E-state index contributed by atoms with van der Waals surface area (Å²) in [5.74, 6) is -0.484. The highest BCUT2D eigenvalue weighted by molar-refractivity contribution is 5.99. The third kappa shape index (κ3) is 2.14. The Kier molecular flexibility index (Phi) is 2.90. The summed E-state index contributed by atoms with van der Waals surface area (Å²) >= 11 is 0. The Balaban J connectivity index is 3.52. The second-order valence-electron chi connectivity index (χ2n) is 3.15. The molecule has 2 N–H and O–H groups in total. The van der Waals surface area contributed by atoms with Gasteiger partial charge in [0.1, 0.15) is 0 Å². The van der Waals surface area contributed by atoms with Crippen LogP contribution >= 0.6 is 0 Å². The number of nitrogens with two attached hydrogens (primary N) is 1. The van der Waals surface area contributed by atoms with Crippen molar-refractivity contribution >= 4 is 11.5 Å². The van der Waals surface area contributed by atoms with Crippen LogP contribution in [-0.2, 0) is 6.18 Å². The number of hydrogen-bond donors (Lipinski definition) is 1. The van der Waals surface area contributed by atoms with Crippen molar-refractivity contribution in [3.8, 4) is 6.07 Å². The first-order chi connectivity index (χ1) is 7.27. The lowest BCUT2D eigenvalue weighted by Crippen LogP contribution is -2.11. The Bertz CT molecular complexity index is 486. The van der Waals surface area contributed by atoms with E-state index in [-0.39, 0.29) is 11.3 Å². The van der Waals surface area contributed by atoms with Gasteiger partial charge >= 0.3 is 6.18 Å². The monoisotopic (exact) mass is 228 g/mol. The third-order valence-corrected chi connectivity index (χ3v) is 1.99. The molecule has 0 amide bonds. The Morgan fingerprint density at radius 1 is 1.44 bits per heavy atom. The Labute approximate surface area is 89.3 Å². The van der Waals surface area contributed by atoms with Crippen LogP contribution in [0.5, 0.6) is 0 Å². The molecule has 0 bridgehead atoms. The van der Waals surface area contributed by atoms with Crippen LogP contribution in [0.2, 0.25) is 0 Å². The summed E-state index contributed by atoms with van der Waals surface area (Å²) in [6.45, 7) is 1.17. The van der Waals surface area contributed by atoms with E-state index in [4.69, 9.17) is 11.0 Å². The first-order valence-electron chi connectivity index (χ1n) is 4.19. The Morgan fingerprint density at radius 2 is 2.00 bits per heavy atom. The molecule has 0 aromatic heterocycles. The van der Waals surface area contributed by atoms with Gasteiger partial charge in [0, 0.05) is 11.3 Å². The second-order valence-corrected chi connectivity index (χ2v) is 3.15. The van der Waals surface area contributed by atoms with E-state index in [1.165, 1.54) is 13.0 Å². The molecule has 1 aromatic rings. The number of Topliss-reactive ketones (excluding diaryl/α,β-unsaturated/α-hetero) is 1. The summed E-state index contributed by atoms with van der Waals surface area (Å²) in [6, 6.07) is 2.86. The van der Waals surface area contributed by atoms with Crippen molar-refractivity contribution < 1.29 is 18.0 Å². The van der Waals surface area contributed by atoms with Crippen molar-refractivity contribution in [2.24, 2.45) is 0 Å². The van der Waals surface area contributed by atoms with E-state index in [9.17, 15) is 18.0 Å². The SMILES string of the molecule is CC(=O)c1cc(C#N)c(C(F)(F)F)cc1N. The number of anilines is 1. The molecule has 0 heterocycles. The summed E-state index contributed by atoms with van der Waals surface area (Å²) in [6.07, 6.45) is -4.66. The summed E-state index contributed by atoms with van der Waals surface area (Å²) in [4.78, 5) is 11.0. The average molecular weight is 228 g/mol. The molecule has 1 rings (SSSR count). The van der Waals surface area contributed by atoms with E-state index in [1.807, 2.05) is 0 Å². The predicted octanol–water partition coefficient (Wildman–Crippen LogP) is 2.36. The summed E-state index contributed by atoms with van der Waals surface area (Å²) in [5, 5.41) is 8.58.